The number of rotatable bonds is 9. The van der Waals surface area contributed by atoms with E-state index in [2.05, 4.69) is 9.97 Å². The molecule has 0 saturated carbocycles. The molecule has 2 heterocycles. The van der Waals surface area contributed by atoms with Gasteiger partial charge in [-0.3, -0.25) is 9.78 Å². The summed E-state index contributed by atoms with van der Waals surface area (Å²) in [5.41, 5.74) is 2.92. The SMILES string of the molecule is CCCS(=O)(=O)Cc1c(OC(Cn2ccnc2)c2cccnc2)ccc2c1CCCC2=O. The number of hydrogen-bond acceptors (Lipinski definition) is 6. The number of sulfone groups is 1. The molecule has 8 heteroatoms. The Kier molecular flexibility index (Phi) is 6.69. The summed E-state index contributed by atoms with van der Waals surface area (Å²) >= 11 is 0. The second-order valence-corrected chi connectivity index (χ2v) is 10.3. The molecule has 7 nitrogen and oxygen atoms in total. The first-order chi connectivity index (χ1) is 15.5. The van der Waals surface area contributed by atoms with Crippen LogP contribution in [0.15, 0.2) is 55.4 Å². The van der Waals surface area contributed by atoms with Gasteiger partial charge in [-0.05, 0) is 43.0 Å². The predicted octanol–water partition coefficient (Wildman–Crippen LogP) is 3.94. The molecule has 0 N–H and O–H groups in total. The van der Waals surface area contributed by atoms with E-state index in [4.69, 9.17) is 4.74 Å². The topological polar surface area (TPSA) is 91.2 Å². The van der Waals surface area contributed by atoms with Gasteiger partial charge in [-0.1, -0.05) is 13.0 Å². The van der Waals surface area contributed by atoms with E-state index >= 15 is 0 Å². The molecule has 1 unspecified atom stereocenters. The second-order valence-electron chi connectivity index (χ2n) is 8.09. The van der Waals surface area contributed by atoms with Crippen LogP contribution in [0.25, 0.3) is 0 Å². The Balaban J connectivity index is 1.76. The Hall–Kier alpha value is -3.00. The molecule has 168 valence electrons. The Bertz CT molecular complexity index is 1180. The van der Waals surface area contributed by atoms with Crippen LogP contribution >= 0.6 is 0 Å². The average molecular weight is 454 g/mol. The first kappa shape index (κ1) is 22.2. The normalized spacial score (nSPS) is 14.7. The number of ether oxygens (including phenoxy) is 1. The van der Waals surface area contributed by atoms with Crippen molar-refractivity contribution in [3.05, 3.63) is 77.6 Å². The third kappa shape index (κ3) is 5.07. The van der Waals surface area contributed by atoms with Crippen molar-refractivity contribution in [2.24, 2.45) is 0 Å². The summed E-state index contributed by atoms with van der Waals surface area (Å²) in [6.07, 6.45) is 10.7. The third-order valence-electron chi connectivity index (χ3n) is 5.66. The molecule has 0 bridgehead atoms. The highest BCUT2D eigenvalue weighted by molar-refractivity contribution is 7.90. The van der Waals surface area contributed by atoms with Crippen LogP contribution < -0.4 is 4.74 Å². The molecule has 0 aliphatic heterocycles. The zero-order valence-electron chi connectivity index (χ0n) is 18.1. The molecule has 0 saturated heterocycles. The molecule has 0 fully saturated rings. The monoisotopic (exact) mass is 453 g/mol. The van der Waals surface area contributed by atoms with E-state index in [1.54, 1.807) is 37.1 Å². The fraction of sp³-hybridized carbons (Fsp3) is 0.375. The fourth-order valence-electron chi connectivity index (χ4n) is 4.17. The van der Waals surface area contributed by atoms with Gasteiger partial charge < -0.3 is 9.30 Å². The van der Waals surface area contributed by atoms with Crippen molar-refractivity contribution < 1.29 is 17.9 Å². The maximum Gasteiger partial charge on any atom is 0.163 e. The number of hydrogen-bond donors (Lipinski definition) is 0. The first-order valence-corrected chi connectivity index (χ1v) is 12.7. The lowest BCUT2D eigenvalue weighted by molar-refractivity contribution is 0.0972. The van der Waals surface area contributed by atoms with Crippen LogP contribution in [0.3, 0.4) is 0 Å². The highest BCUT2D eigenvalue weighted by atomic mass is 32.2. The Morgan fingerprint density at radius 2 is 2.03 bits per heavy atom. The highest BCUT2D eigenvalue weighted by Gasteiger charge is 2.27. The van der Waals surface area contributed by atoms with Gasteiger partial charge in [0.15, 0.2) is 15.6 Å². The Morgan fingerprint density at radius 1 is 1.16 bits per heavy atom. The maximum absolute atomic E-state index is 12.8. The number of benzene rings is 1. The summed E-state index contributed by atoms with van der Waals surface area (Å²) in [7, 11) is -3.33. The summed E-state index contributed by atoms with van der Waals surface area (Å²) in [5, 5.41) is 0. The van der Waals surface area contributed by atoms with Gasteiger partial charge in [0, 0.05) is 47.9 Å². The van der Waals surface area contributed by atoms with E-state index in [9.17, 15) is 13.2 Å². The zero-order chi connectivity index (χ0) is 22.6. The van der Waals surface area contributed by atoms with Crippen molar-refractivity contribution in [2.75, 3.05) is 5.75 Å². The van der Waals surface area contributed by atoms with Crippen molar-refractivity contribution in [1.29, 1.82) is 0 Å². The molecule has 1 aromatic carbocycles. The third-order valence-corrected chi connectivity index (χ3v) is 7.42. The number of fused-ring (bicyclic) bond motifs is 1. The molecule has 1 atom stereocenters. The molecule has 3 aromatic rings. The second kappa shape index (κ2) is 9.65. The van der Waals surface area contributed by atoms with Crippen LogP contribution in [0.4, 0.5) is 0 Å². The fourth-order valence-corrected chi connectivity index (χ4v) is 5.69. The molecule has 0 amide bonds. The van der Waals surface area contributed by atoms with Crippen LogP contribution in [-0.2, 0) is 28.6 Å². The lowest BCUT2D eigenvalue weighted by atomic mass is 9.87. The van der Waals surface area contributed by atoms with Gasteiger partial charge >= 0.3 is 0 Å². The minimum absolute atomic E-state index is 0.0640. The van der Waals surface area contributed by atoms with Crippen LogP contribution in [0.2, 0.25) is 0 Å². The summed E-state index contributed by atoms with van der Waals surface area (Å²) in [6.45, 7) is 2.34. The summed E-state index contributed by atoms with van der Waals surface area (Å²) in [4.78, 5) is 20.8. The molecule has 0 spiro atoms. The van der Waals surface area contributed by atoms with Crippen molar-refractivity contribution >= 4 is 15.6 Å². The summed E-state index contributed by atoms with van der Waals surface area (Å²) in [6, 6.07) is 7.30. The Labute approximate surface area is 188 Å². The molecule has 32 heavy (non-hydrogen) atoms. The van der Waals surface area contributed by atoms with E-state index in [1.165, 1.54) is 0 Å². The standard InChI is InChI=1S/C24H27N3O4S/c1-2-13-32(29,30)16-21-19-6-3-7-22(28)20(19)8-9-23(21)31-24(15-27-12-11-26-17-27)18-5-4-10-25-14-18/h4-5,8-12,14,17,24H,2-3,6-7,13,15-16H2,1H3. The summed E-state index contributed by atoms with van der Waals surface area (Å²) < 4.78 is 33.9. The molecular weight excluding hydrogens is 426 g/mol. The van der Waals surface area contributed by atoms with Gasteiger partial charge in [0.25, 0.3) is 0 Å². The average Bonchev–Trinajstić information content (AvgIpc) is 3.29. The van der Waals surface area contributed by atoms with Crippen molar-refractivity contribution in [2.45, 2.75) is 51.0 Å². The van der Waals surface area contributed by atoms with E-state index in [-0.39, 0.29) is 17.3 Å². The van der Waals surface area contributed by atoms with Crippen molar-refractivity contribution in [1.82, 2.24) is 14.5 Å². The van der Waals surface area contributed by atoms with E-state index < -0.39 is 15.9 Å². The largest absolute Gasteiger partial charge is 0.483 e. The van der Waals surface area contributed by atoms with Gasteiger partial charge in [0.05, 0.1) is 24.4 Å². The number of pyridine rings is 1. The predicted molar refractivity (Wildman–Crippen MR) is 121 cm³/mol. The maximum atomic E-state index is 12.8. The number of imidazole rings is 1. The van der Waals surface area contributed by atoms with Gasteiger partial charge in [-0.25, -0.2) is 13.4 Å². The number of nitrogens with zero attached hydrogens (tertiary/aromatic N) is 3. The van der Waals surface area contributed by atoms with E-state index in [1.807, 2.05) is 29.8 Å². The smallest absolute Gasteiger partial charge is 0.163 e. The molecule has 0 radical (unpaired) electrons. The summed E-state index contributed by atoms with van der Waals surface area (Å²) in [5.74, 6) is 0.545. The lowest BCUT2D eigenvalue weighted by Gasteiger charge is -2.25. The number of carbonyl (C=O) groups excluding carboxylic acids is 1. The van der Waals surface area contributed by atoms with Crippen LogP contribution in [0.5, 0.6) is 5.75 Å². The molecular formula is C24H27N3O4S. The molecule has 2 aromatic heterocycles. The highest BCUT2D eigenvalue weighted by Crippen LogP contribution is 2.35. The quantitative estimate of drug-likeness (QED) is 0.487. The van der Waals surface area contributed by atoms with Gasteiger partial charge in [0.2, 0.25) is 0 Å². The number of Topliss-reactive ketones (excluding diaryl/α,β-unsaturated/α-hetero) is 1. The minimum atomic E-state index is -3.33. The van der Waals surface area contributed by atoms with E-state index in [0.29, 0.717) is 42.7 Å². The van der Waals surface area contributed by atoms with Gasteiger partial charge in [-0.2, -0.15) is 0 Å². The number of carbonyl (C=O) groups is 1. The van der Waals surface area contributed by atoms with Crippen LogP contribution in [0, 0.1) is 0 Å². The lowest BCUT2D eigenvalue weighted by Crippen LogP contribution is -2.20. The Morgan fingerprint density at radius 3 is 2.75 bits per heavy atom. The first-order valence-electron chi connectivity index (χ1n) is 10.9. The number of ketones is 1. The van der Waals surface area contributed by atoms with Crippen LogP contribution in [0.1, 0.15) is 59.3 Å². The molecule has 1 aliphatic carbocycles. The molecule has 1 aliphatic rings. The van der Waals surface area contributed by atoms with Crippen molar-refractivity contribution in [3.63, 3.8) is 0 Å². The van der Waals surface area contributed by atoms with E-state index in [0.717, 1.165) is 17.5 Å². The molecule has 4 rings (SSSR count). The van der Waals surface area contributed by atoms with Crippen LogP contribution in [-0.4, -0.2) is 34.5 Å². The van der Waals surface area contributed by atoms with Crippen molar-refractivity contribution in [3.8, 4) is 5.75 Å². The zero-order valence-corrected chi connectivity index (χ0v) is 18.9. The minimum Gasteiger partial charge on any atom is -0.483 e. The van der Waals surface area contributed by atoms with Gasteiger partial charge in [0.1, 0.15) is 11.9 Å². The number of aromatic nitrogens is 3. The van der Waals surface area contributed by atoms with Gasteiger partial charge in [-0.15, -0.1) is 0 Å².